The molecule has 0 saturated carbocycles. The van der Waals surface area contributed by atoms with E-state index >= 15 is 0 Å². The van der Waals surface area contributed by atoms with Crippen molar-refractivity contribution in [2.24, 2.45) is 5.10 Å². The number of nitrogens with zero attached hydrogens (tertiary/aromatic N) is 3. The van der Waals surface area contributed by atoms with Gasteiger partial charge in [0.2, 0.25) is 0 Å². The van der Waals surface area contributed by atoms with E-state index in [2.05, 4.69) is 101 Å². The third-order valence-electron chi connectivity index (χ3n) is 6.27. The third-order valence-corrected chi connectivity index (χ3v) is 6.27. The van der Waals surface area contributed by atoms with Crippen molar-refractivity contribution in [2.45, 2.75) is 6.92 Å². The van der Waals surface area contributed by atoms with E-state index in [0.717, 1.165) is 50.1 Å². The van der Waals surface area contributed by atoms with E-state index < -0.39 is 0 Å². The summed E-state index contributed by atoms with van der Waals surface area (Å²) >= 11 is 0. The van der Waals surface area contributed by atoms with Gasteiger partial charge in [0.05, 0.1) is 22.9 Å². The summed E-state index contributed by atoms with van der Waals surface area (Å²) in [5.74, 6) is 0.727. The summed E-state index contributed by atoms with van der Waals surface area (Å²) in [7, 11) is 0. The highest BCUT2D eigenvalue weighted by atomic mass is 15.3. The van der Waals surface area contributed by atoms with Crippen LogP contribution in [0.1, 0.15) is 11.1 Å². The molecule has 35 heavy (non-hydrogen) atoms. The number of aryl methyl sites for hydroxylation is 1. The summed E-state index contributed by atoms with van der Waals surface area (Å²) in [5.41, 5.74) is 10.8. The molecule has 4 heteroatoms. The maximum Gasteiger partial charge on any atom is 0.147 e. The van der Waals surface area contributed by atoms with Crippen LogP contribution in [0.5, 0.6) is 0 Å². The van der Waals surface area contributed by atoms with E-state index in [9.17, 15) is 0 Å². The lowest BCUT2D eigenvalue weighted by Gasteiger charge is -2.12. The lowest BCUT2D eigenvalue weighted by Crippen LogP contribution is -1.99. The highest BCUT2D eigenvalue weighted by Crippen LogP contribution is 2.35. The molecule has 6 aromatic rings. The summed E-state index contributed by atoms with van der Waals surface area (Å²) in [6.45, 7) is 2.10. The van der Waals surface area contributed by atoms with Gasteiger partial charge in [-0.3, -0.25) is 5.43 Å². The number of benzene rings is 4. The summed E-state index contributed by atoms with van der Waals surface area (Å²) in [6.07, 6.45) is 1.91. The van der Waals surface area contributed by atoms with Crippen LogP contribution in [-0.2, 0) is 0 Å². The summed E-state index contributed by atoms with van der Waals surface area (Å²) < 4.78 is 2.31. The fourth-order valence-corrected chi connectivity index (χ4v) is 4.69. The molecule has 0 bridgehead atoms. The monoisotopic (exact) mass is 452 g/mol. The predicted octanol–water partition coefficient (Wildman–Crippen LogP) is 7.60. The van der Waals surface area contributed by atoms with Gasteiger partial charge >= 0.3 is 0 Å². The standard InChI is InChI=1S/C31H24N4/c1-22-20-30(33-28-18-10-8-16-25(22)28)34-32-21-27-26-17-9-11-19-29(26)35(24-14-6-3-7-15-24)31(27)23-12-4-2-5-13-23/h2-21H,1H3,(H,33,34)/b32-21-. The second kappa shape index (κ2) is 8.92. The largest absolute Gasteiger partial charge is 0.309 e. The van der Waals surface area contributed by atoms with Crippen LogP contribution in [0.4, 0.5) is 5.82 Å². The molecule has 0 fully saturated rings. The maximum absolute atomic E-state index is 4.73. The van der Waals surface area contributed by atoms with Crippen LogP contribution in [0.25, 0.3) is 38.8 Å². The molecule has 0 amide bonds. The van der Waals surface area contributed by atoms with Crippen molar-refractivity contribution in [3.63, 3.8) is 0 Å². The lowest BCUT2D eigenvalue weighted by atomic mass is 10.1. The second-order valence-electron chi connectivity index (χ2n) is 8.53. The number of hydrogen-bond acceptors (Lipinski definition) is 3. The molecule has 0 aliphatic carbocycles. The van der Waals surface area contributed by atoms with E-state index in [1.807, 2.05) is 42.6 Å². The van der Waals surface area contributed by atoms with Gasteiger partial charge in [0.1, 0.15) is 5.82 Å². The minimum Gasteiger partial charge on any atom is -0.309 e. The first-order chi connectivity index (χ1) is 17.3. The minimum atomic E-state index is 0.727. The van der Waals surface area contributed by atoms with Gasteiger partial charge in [-0.25, -0.2) is 4.98 Å². The number of fused-ring (bicyclic) bond motifs is 2. The van der Waals surface area contributed by atoms with Gasteiger partial charge in [0.25, 0.3) is 0 Å². The minimum absolute atomic E-state index is 0.727. The average molecular weight is 453 g/mol. The van der Waals surface area contributed by atoms with Crippen LogP contribution in [0.2, 0.25) is 0 Å². The Labute approximate surface area is 204 Å². The van der Waals surface area contributed by atoms with Gasteiger partial charge in [0.15, 0.2) is 0 Å². The summed E-state index contributed by atoms with van der Waals surface area (Å²) in [5, 5.41) is 6.95. The second-order valence-corrected chi connectivity index (χ2v) is 8.53. The Morgan fingerprint density at radius 3 is 2.20 bits per heavy atom. The first kappa shape index (κ1) is 20.9. The van der Waals surface area contributed by atoms with Crippen molar-refractivity contribution in [1.29, 1.82) is 0 Å². The number of para-hydroxylation sites is 3. The Morgan fingerprint density at radius 2 is 1.40 bits per heavy atom. The van der Waals surface area contributed by atoms with E-state index in [-0.39, 0.29) is 0 Å². The molecular formula is C31H24N4. The highest BCUT2D eigenvalue weighted by Gasteiger charge is 2.18. The van der Waals surface area contributed by atoms with Gasteiger partial charge in [-0.1, -0.05) is 84.9 Å². The molecule has 0 atom stereocenters. The Bertz CT molecular complexity index is 1670. The van der Waals surface area contributed by atoms with Crippen LogP contribution in [-0.4, -0.2) is 15.8 Å². The molecular weight excluding hydrogens is 428 g/mol. The molecule has 0 spiro atoms. The highest BCUT2D eigenvalue weighted by molar-refractivity contribution is 6.07. The van der Waals surface area contributed by atoms with Crippen molar-refractivity contribution >= 4 is 33.8 Å². The third kappa shape index (κ3) is 3.85. The number of nitrogens with one attached hydrogen (secondary N) is 1. The molecule has 0 saturated heterocycles. The van der Waals surface area contributed by atoms with Crippen molar-refractivity contribution in [3.05, 3.63) is 126 Å². The molecule has 0 aliphatic heterocycles. The van der Waals surface area contributed by atoms with Crippen molar-refractivity contribution in [1.82, 2.24) is 9.55 Å². The van der Waals surface area contributed by atoms with Gasteiger partial charge in [-0.05, 0) is 48.4 Å². The molecule has 4 aromatic carbocycles. The topological polar surface area (TPSA) is 42.2 Å². The van der Waals surface area contributed by atoms with Crippen molar-refractivity contribution in [2.75, 3.05) is 5.43 Å². The smallest absolute Gasteiger partial charge is 0.147 e. The van der Waals surface area contributed by atoms with Crippen molar-refractivity contribution < 1.29 is 0 Å². The van der Waals surface area contributed by atoms with E-state index in [4.69, 9.17) is 4.98 Å². The Balaban J connectivity index is 1.50. The van der Waals surface area contributed by atoms with Crippen LogP contribution in [0.3, 0.4) is 0 Å². The first-order valence-electron chi connectivity index (χ1n) is 11.7. The molecule has 4 nitrogen and oxygen atoms in total. The number of anilines is 1. The number of rotatable bonds is 5. The first-order valence-corrected chi connectivity index (χ1v) is 11.7. The summed E-state index contributed by atoms with van der Waals surface area (Å²) in [4.78, 5) is 4.73. The molecule has 0 unspecified atom stereocenters. The SMILES string of the molecule is Cc1cc(N/N=C\c2c(-c3ccccc3)n(-c3ccccc3)c3ccccc23)nc2ccccc12. The predicted molar refractivity (Wildman–Crippen MR) is 146 cm³/mol. The van der Waals surface area contributed by atoms with E-state index in [0.29, 0.717) is 0 Å². The Morgan fingerprint density at radius 1 is 0.743 bits per heavy atom. The van der Waals surface area contributed by atoms with Crippen LogP contribution in [0, 0.1) is 6.92 Å². The zero-order chi connectivity index (χ0) is 23.6. The van der Waals surface area contributed by atoms with Gasteiger partial charge < -0.3 is 4.57 Å². The lowest BCUT2D eigenvalue weighted by molar-refractivity contribution is 1.13. The molecule has 2 heterocycles. The van der Waals surface area contributed by atoms with Crippen molar-refractivity contribution in [3.8, 4) is 16.9 Å². The van der Waals surface area contributed by atoms with E-state index in [1.54, 1.807) is 0 Å². The number of hydrogen-bond donors (Lipinski definition) is 1. The molecule has 2 aromatic heterocycles. The fourth-order valence-electron chi connectivity index (χ4n) is 4.69. The van der Waals surface area contributed by atoms with Crippen LogP contribution in [0.15, 0.2) is 120 Å². The number of pyridine rings is 1. The number of hydrazone groups is 1. The molecule has 1 N–H and O–H groups in total. The molecule has 6 rings (SSSR count). The molecule has 0 radical (unpaired) electrons. The average Bonchev–Trinajstić information content (AvgIpc) is 3.24. The van der Waals surface area contributed by atoms with Gasteiger partial charge in [-0.2, -0.15) is 5.10 Å². The Hall–Kier alpha value is -4.70. The maximum atomic E-state index is 4.73. The molecule has 0 aliphatic rings. The zero-order valence-corrected chi connectivity index (χ0v) is 19.4. The fraction of sp³-hybridized carbons (Fsp3) is 0.0323. The van der Waals surface area contributed by atoms with Gasteiger partial charge in [-0.15, -0.1) is 0 Å². The quantitative estimate of drug-likeness (QED) is 0.216. The Kier molecular flexibility index (Phi) is 5.32. The van der Waals surface area contributed by atoms with E-state index in [1.165, 1.54) is 5.56 Å². The normalized spacial score (nSPS) is 11.5. The number of aromatic nitrogens is 2. The zero-order valence-electron chi connectivity index (χ0n) is 19.4. The summed E-state index contributed by atoms with van der Waals surface area (Å²) in [6, 6.07) is 39.6. The molecule has 168 valence electrons. The van der Waals surface area contributed by atoms with Crippen LogP contribution < -0.4 is 5.43 Å². The van der Waals surface area contributed by atoms with Crippen LogP contribution >= 0.6 is 0 Å². The van der Waals surface area contributed by atoms with Gasteiger partial charge in [0, 0.05) is 22.0 Å².